The van der Waals surface area contributed by atoms with E-state index in [1.807, 2.05) is 23.6 Å². The van der Waals surface area contributed by atoms with Crippen LogP contribution in [0.25, 0.3) is 5.65 Å². The van der Waals surface area contributed by atoms with Crippen molar-refractivity contribution >= 4 is 17.2 Å². The highest BCUT2D eigenvalue weighted by atomic mass is 35.5. The lowest BCUT2D eigenvalue weighted by atomic mass is 10.1. The summed E-state index contributed by atoms with van der Waals surface area (Å²) in [4.78, 5) is 4.55. The lowest BCUT2D eigenvalue weighted by Crippen LogP contribution is -1.98. The molecule has 0 amide bonds. The highest BCUT2D eigenvalue weighted by molar-refractivity contribution is 6.33. The fraction of sp³-hybridized carbons (Fsp3) is 0.385. The molecule has 2 heterocycles. The van der Waals surface area contributed by atoms with Gasteiger partial charge in [0.15, 0.2) is 5.65 Å². The summed E-state index contributed by atoms with van der Waals surface area (Å²) in [6.07, 6.45) is 2.33. The first kappa shape index (κ1) is 11.9. The molecule has 2 rings (SSSR count). The third-order valence-corrected chi connectivity index (χ3v) is 3.01. The number of imidazole rings is 1. The highest BCUT2D eigenvalue weighted by Crippen LogP contribution is 2.26. The summed E-state index contributed by atoms with van der Waals surface area (Å²) in [6, 6.07) is 4.09. The van der Waals surface area contributed by atoms with Crippen LogP contribution in [0.5, 0.6) is 0 Å². The van der Waals surface area contributed by atoms with E-state index < -0.39 is 0 Å². The smallest absolute Gasteiger partial charge is 0.156 e. The number of halogens is 1. The zero-order valence-electron chi connectivity index (χ0n) is 10.2. The Morgan fingerprint density at radius 3 is 2.82 bits per heavy atom. The van der Waals surface area contributed by atoms with Gasteiger partial charge < -0.3 is 4.40 Å². The number of nitrogens with zero attached hydrogens (tertiary/aromatic N) is 3. The number of aromatic nitrogens is 2. The number of hydrogen-bond acceptors (Lipinski definition) is 2. The maximum atomic E-state index is 8.92. The number of rotatable bonds is 2. The average molecular weight is 248 g/mol. The summed E-state index contributed by atoms with van der Waals surface area (Å²) in [5, 5.41) is 9.55. The summed E-state index contributed by atoms with van der Waals surface area (Å²) in [7, 11) is 0. The highest BCUT2D eigenvalue weighted by Gasteiger charge is 2.16. The molecule has 0 atom stereocenters. The van der Waals surface area contributed by atoms with Gasteiger partial charge in [0.25, 0.3) is 0 Å². The van der Waals surface area contributed by atoms with Crippen LogP contribution in [0.4, 0.5) is 0 Å². The van der Waals surface area contributed by atoms with Crippen molar-refractivity contribution in [3.8, 4) is 6.07 Å². The first-order valence-electron chi connectivity index (χ1n) is 5.58. The van der Waals surface area contributed by atoms with Crippen LogP contribution in [0.3, 0.4) is 0 Å². The van der Waals surface area contributed by atoms with Crippen molar-refractivity contribution in [3.63, 3.8) is 0 Å². The van der Waals surface area contributed by atoms with Crippen LogP contribution in [0, 0.1) is 18.3 Å². The van der Waals surface area contributed by atoms with Gasteiger partial charge in [0.1, 0.15) is 0 Å². The molecule has 2 aromatic rings. The van der Waals surface area contributed by atoms with Gasteiger partial charge in [0.2, 0.25) is 0 Å². The van der Waals surface area contributed by atoms with E-state index in [9.17, 15) is 0 Å². The van der Waals surface area contributed by atoms with Gasteiger partial charge in [-0.05, 0) is 24.5 Å². The second-order valence-corrected chi connectivity index (χ2v) is 4.90. The molecule has 0 saturated carbocycles. The van der Waals surface area contributed by atoms with Gasteiger partial charge in [0.05, 0.1) is 28.9 Å². The number of fused-ring (bicyclic) bond motifs is 1. The molecular weight excluding hydrogens is 234 g/mol. The van der Waals surface area contributed by atoms with E-state index in [0.717, 1.165) is 22.6 Å². The Balaban J connectivity index is 2.81. The second-order valence-electron chi connectivity index (χ2n) is 4.49. The Labute approximate surface area is 106 Å². The lowest BCUT2D eigenvalue weighted by Gasteiger charge is -2.04. The van der Waals surface area contributed by atoms with Crippen LogP contribution < -0.4 is 0 Å². The number of nitriles is 1. The summed E-state index contributed by atoms with van der Waals surface area (Å²) < 4.78 is 1.94. The van der Waals surface area contributed by atoms with Gasteiger partial charge in [-0.2, -0.15) is 5.26 Å². The standard InChI is InChI=1S/C13H14ClN3/c1-8(2)12-11(4-5-15)17-7-9(3)6-10(14)13(17)16-12/h6-8H,4H2,1-3H3. The van der Waals surface area contributed by atoms with Crippen LogP contribution in [-0.2, 0) is 6.42 Å². The minimum Gasteiger partial charge on any atom is -0.301 e. The number of aryl methyl sites for hydroxylation is 1. The molecule has 0 fully saturated rings. The molecule has 0 spiro atoms. The van der Waals surface area contributed by atoms with Crippen LogP contribution in [0.15, 0.2) is 12.3 Å². The number of pyridine rings is 1. The van der Waals surface area contributed by atoms with E-state index in [1.54, 1.807) is 0 Å². The molecule has 3 nitrogen and oxygen atoms in total. The Hall–Kier alpha value is -1.53. The summed E-state index contributed by atoms with van der Waals surface area (Å²) >= 11 is 6.19. The van der Waals surface area contributed by atoms with Crippen LogP contribution in [0.1, 0.15) is 36.7 Å². The Bertz CT molecular complexity index is 605. The molecule has 0 radical (unpaired) electrons. The van der Waals surface area contributed by atoms with E-state index >= 15 is 0 Å². The minimum absolute atomic E-state index is 0.287. The van der Waals surface area contributed by atoms with Crippen molar-refractivity contribution in [2.75, 3.05) is 0 Å². The fourth-order valence-electron chi connectivity index (χ4n) is 2.01. The predicted octanol–water partition coefficient (Wildman–Crippen LogP) is 3.49. The van der Waals surface area contributed by atoms with Gasteiger partial charge in [-0.1, -0.05) is 25.4 Å². The molecule has 0 aromatic carbocycles. The zero-order chi connectivity index (χ0) is 12.6. The molecule has 0 saturated heterocycles. The van der Waals surface area contributed by atoms with Gasteiger partial charge in [0, 0.05) is 6.20 Å². The quantitative estimate of drug-likeness (QED) is 0.815. The van der Waals surface area contributed by atoms with E-state index in [1.165, 1.54) is 0 Å². The topological polar surface area (TPSA) is 41.1 Å². The molecule has 0 aliphatic rings. The zero-order valence-corrected chi connectivity index (χ0v) is 10.9. The predicted molar refractivity (Wildman–Crippen MR) is 68.3 cm³/mol. The van der Waals surface area contributed by atoms with E-state index in [-0.39, 0.29) is 5.92 Å². The molecular formula is C13H14ClN3. The number of hydrogen-bond donors (Lipinski definition) is 0. The normalized spacial score (nSPS) is 11.1. The fourth-order valence-corrected chi connectivity index (χ4v) is 2.31. The molecule has 0 unspecified atom stereocenters. The third kappa shape index (κ3) is 2.01. The second kappa shape index (κ2) is 4.38. The largest absolute Gasteiger partial charge is 0.301 e. The minimum atomic E-state index is 0.287. The van der Waals surface area contributed by atoms with E-state index in [2.05, 4.69) is 24.9 Å². The Kier molecular flexibility index (Phi) is 3.08. The first-order valence-corrected chi connectivity index (χ1v) is 5.96. The van der Waals surface area contributed by atoms with Gasteiger partial charge in [-0.15, -0.1) is 0 Å². The Morgan fingerprint density at radius 2 is 2.24 bits per heavy atom. The monoisotopic (exact) mass is 247 g/mol. The SMILES string of the molecule is Cc1cc(Cl)c2nc(C(C)C)c(CC#N)n2c1. The third-order valence-electron chi connectivity index (χ3n) is 2.74. The van der Waals surface area contributed by atoms with Crippen LogP contribution in [-0.4, -0.2) is 9.38 Å². The molecule has 17 heavy (non-hydrogen) atoms. The lowest BCUT2D eigenvalue weighted by molar-refractivity contribution is 0.814. The van der Waals surface area contributed by atoms with Crippen LogP contribution >= 0.6 is 11.6 Å². The van der Waals surface area contributed by atoms with Crippen molar-refractivity contribution in [1.29, 1.82) is 5.26 Å². The van der Waals surface area contributed by atoms with Gasteiger partial charge in [-0.25, -0.2) is 4.98 Å². The molecule has 4 heteroatoms. The van der Waals surface area contributed by atoms with Crippen molar-refractivity contribution in [1.82, 2.24) is 9.38 Å². The summed E-state index contributed by atoms with van der Waals surface area (Å²) in [6.45, 7) is 6.13. The molecule has 0 aliphatic heterocycles. The molecule has 2 aromatic heterocycles. The molecule has 0 bridgehead atoms. The van der Waals surface area contributed by atoms with Crippen LogP contribution in [0.2, 0.25) is 5.02 Å². The molecule has 0 N–H and O–H groups in total. The van der Waals surface area contributed by atoms with E-state index in [4.69, 9.17) is 16.9 Å². The summed E-state index contributed by atoms with van der Waals surface area (Å²) in [5.74, 6) is 0.287. The van der Waals surface area contributed by atoms with Crippen molar-refractivity contribution in [2.24, 2.45) is 0 Å². The molecule has 0 aliphatic carbocycles. The van der Waals surface area contributed by atoms with Crippen molar-refractivity contribution < 1.29 is 0 Å². The molecule has 88 valence electrons. The van der Waals surface area contributed by atoms with Crippen molar-refractivity contribution in [2.45, 2.75) is 33.1 Å². The average Bonchev–Trinajstić information content (AvgIpc) is 2.58. The summed E-state index contributed by atoms with van der Waals surface area (Å²) in [5.41, 5.74) is 3.71. The van der Waals surface area contributed by atoms with Gasteiger partial charge >= 0.3 is 0 Å². The maximum Gasteiger partial charge on any atom is 0.156 e. The maximum absolute atomic E-state index is 8.92. The van der Waals surface area contributed by atoms with Crippen molar-refractivity contribution in [3.05, 3.63) is 34.2 Å². The van der Waals surface area contributed by atoms with Gasteiger partial charge in [-0.3, -0.25) is 0 Å². The van der Waals surface area contributed by atoms with E-state index in [0.29, 0.717) is 11.4 Å². The Morgan fingerprint density at radius 1 is 1.53 bits per heavy atom. The first-order chi connectivity index (χ1) is 8.04.